The third-order valence-corrected chi connectivity index (χ3v) is 4.35. The van der Waals surface area contributed by atoms with Crippen LogP contribution in [0.5, 0.6) is 17.2 Å². The van der Waals surface area contributed by atoms with Gasteiger partial charge in [0, 0.05) is 18.7 Å². The Kier molecular flexibility index (Phi) is 5.27. The van der Waals surface area contributed by atoms with Crippen LogP contribution in [0.4, 0.5) is 5.69 Å². The monoisotopic (exact) mass is 358 g/mol. The average Bonchev–Trinajstić information content (AvgIpc) is 2.62. The Morgan fingerprint density at radius 2 is 1.88 bits per heavy atom. The normalized spacial score (nSPS) is 14.3. The second-order valence-corrected chi connectivity index (χ2v) is 6.59. The summed E-state index contributed by atoms with van der Waals surface area (Å²) in [6.07, 6.45) is 0. The minimum Gasteiger partial charge on any atom is -0.502 e. The first-order valence-corrected chi connectivity index (χ1v) is 8.55. The van der Waals surface area contributed by atoms with E-state index in [-0.39, 0.29) is 17.5 Å². The number of phenolic OH excluding ortho intramolecular Hbond substituents is 1. The molecule has 1 aliphatic heterocycles. The topological polar surface area (TPSA) is 93.9 Å². The third-order valence-electron chi connectivity index (χ3n) is 4.35. The molecule has 1 unspecified atom stereocenters. The Balaban J connectivity index is 1.77. The maximum atomic E-state index is 11.0. The first-order valence-electron chi connectivity index (χ1n) is 8.55. The van der Waals surface area contributed by atoms with Gasteiger partial charge in [0.25, 0.3) is 0 Å². The predicted molar refractivity (Wildman–Crippen MR) is 96.6 cm³/mol. The molecule has 7 nitrogen and oxygen atoms in total. The summed E-state index contributed by atoms with van der Waals surface area (Å²) in [5, 5.41) is 24.0. The Morgan fingerprint density at radius 1 is 1.15 bits per heavy atom. The molecule has 1 heterocycles. The van der Waals surface area contributed by atoms with E-state index >= 15 is 0 Å². The lowest BCUT2D eigenvalue weighted by atomic mass is 9.95. The van der Waals surface area contributed by atoms with Gasteiger partial charge < -0.3 is 19.9 Å². The van der Waals surface area contributed by atoms with Gasteiger partial charge in [-0.25, -0.2) is 0 Å². The van der Waals surface area contributed by atoms with Gasteiger partial charge in [0.2, 0.25) is 0 Å². The Morgan fingerprint density at radius 3 is 2.58 bits per heavy atom. The van der Waals surface area contributed by atoms with Crippen LogP contribution < -0.4 is 14.8 Å². The molecule has 1 aliphatic rings. The number of hydrogen-bond acceptors (Lipinski definition) is 6. The van der Waals surface area contributed by atoms with E-state index in [0.717, 1.165) is 22.6 Å². The number of phenols is 1. The molecular weight excluding hydrogens is 336 g/mol. The molecule has 26 heavy (non-hydrogen) atoms. The minimum absolute atomic E-state index is 0.0404. The van der Waals surface area contributed by atoms with E-state index in [4.69, 9.17) is 9.47 Å². The van der Waals surface area contributed by atoms with E-state index in [1.807, 2.05) is 18.2 Å². The fourth-order valence-electron chi connectivity index (χ4n) is 3.04. The van der Waals surface area contributed by atoms with Crippen LogP contribution in [-0.4, -0.2) is 23.2 Å². The van der Waals surface area contributed by atoms with Crippen LogP contribution in [0.1, 0.15) is 31.0 Å². The fourth-order valence-corrected chi connectivity index (χ4v) is 3.04. The van der Waals surface area contributed by atoms with E-state index < -0.39 is 4.92 Å². The molecule has 2 aromatic rings. The van der Waals surface area contributed by atoms with Gasteiger partial charge in [-0.2, -0.15) is 0 Å². The zero-order chi connectivity index (χ0) is 18.7. The summed E-state index contributed by atoms with van der Waals surface area (Å²) >= 11 is 0. The van der Waals surface area contributed by atoms with Gasteiger partial charge in [-0.1, -0.05) is 26.0 Å². The summed E-state index contributed by atoms with van der Waals surface area (Å²) in [7, 11) is 0. The standard InChI is InChI=1S/C19H22N2O5/c1-12(2)19(14-4-6-17-18(10-14)26-8-7-25-17)20-11-13-3-5-16(22)15(9-13)21(23)24/h3-6,9-10,12,19-20,22H,7-8,11H2,1-2H3. The largest absolute Gasteiger partial charge is 0.502 e. The van der Waals surface area contributed by atoms with Gasteiger partial charge in [0.05, 0.1) is 4.92 Å². The summed E-state index contributed by atoms with van der Waals surface area (Å²) in [6.45, 7) is 5.74. The number of aromatic hydroxyl groups is 1. The van der Waals surface area contributed by atoms with Crippen molar-refractivity contribution in [1.82, 2.24) is 5.32 Å². The highest BCUT2D eigenvalue weighted by Gasteiger charge is 2.20. The fraction of sp³-hybridized carbons (Fsp3) is 0.368. The number of nitro benzene ring substituents is 1. The van der Waals surface area contributed by atoms with Gasteiger partial charge >= 0.3 is 5.69 Å². The van der Waals surface area contributed by atoms with Crippen molar-refractivity contribution in [2.75, 3.05) is 13.2 Å². The molecule has 0 fully saturated rings. The summed E-state index contributed by atoms with van der Waals surface area (Å²) < 4.78 is 11.2. The molecule has 0 aliphatic carbocycles. The molecule has 0 aromatic heterocycles. The highest BCUT2D eigenvalue weighted by molar-refractivity contribution is 5.48. The molecule has 2 N–H and O–H groups in total. The molecule has 0 spiro atoms. The second-order valence-electron chi connectivity index (χ2n) is 6.59. The van der Waals surface area contributed by atoms with Crippen LogP contribution >= 0.6 is 0 Å². The maximum Gasteiger partial charge on any atom is 0.311 e. The van der Waals surface area contributed by atoms with Gasteiger partial charge in [-0.3, -0.25) is 10.1 Å². The van der Waals surface area contributed by atoms with Crippen molar-refractivity contribution < 1.29 is 19.5 Å². The summed E-state index contributed by atoms with van der Waals surface area (Å²) in [5.74, 6) is 1.45. The number of fused-ring (bicyclic) bond motifs is 1. The van der Waals surface area contributed by atoms with Crippen molar-refractivity contribution in [3.63, 3.8) is 0 Å². The molecule has 0 saturated carbocycles. The van der Waals surface area contributed by atoms with Crippen molar-refractivity contribution in [2.45, 2.75) is 26.4 Å². The third kappa shape index (κ3) is 3.88. The van der Waals surface area contributed by atoms with Gasteiger partial charge in [0.1, 0.15) is 13.2 Å². The van der Waals surface area contributed by atoms with E-state index in [9.17, 15) is 15.2 Å². The Labute approximate surface area is 151 Å². The zero-order valence-electron chi connectivity index (χ0n) is 14.8. The van der Waals surface area contributed by atoms with Crippen LogP contribution in [0.3, 0.4) is 0 Å². The molecular formula is C19H22N2O5. The van der Waals surface area contributed by atoms with Crippen LogP contribution in [0.15, 0.2) is 36.4 Å². The molecule has 0 bridgehead atoms. The number of rotatable bonds is 6. The first kappa shape index (κ1) is 18.0. The molecule has 1 atom stereocenters. The molecule has 0 radical (unpaired) electrons. The van der Waals surface area contributed by atoms with Crippen molar-refractivity contribution >= 4 is 5.69 Å². The maximum absolute atomic E-state index is 11.0. The number of hydrogen-bond donors (Lipinski definition) is 2. The molecule has 3 rings (SSSR count). The molecule has 0 amide bonds. The zero-order valence-corrected chi connectivity index (χ0v) is 14.8. The lowest BCUT2D eigenvalue weighted by Crippen LogP contribution is -2.26. The van der Waals surface area contributed by atoms with Crippen LogP contribution in [0.25, 0.3) is 0 Å². The van der Waals surface area contributed by atoms with Gasteiger partial charge in [0.15, 0.2) is 17.2 Å². The number of nitrogens with zero attached hydrogens (tertiary/aromatic N) is 1. The lowest BCUT2D eigenvalue weighted by molar-refractivity contribution is -0.385. The number of nitrogens with one attached hydrogen (secondary N) is 1. The SMILES string of the molecule is CC(C)C(NCc1ccc(O)c([N+](=O)[O-])c1)c1ccc2c(c1)OCCO2. The first-order chi connectivity index (χ1) is 12.5. The van der Waals surface area contributed by atoms with Gasteiger partial charge in [-0.15, -0.1) is 0 Å². The second kappa shape index (κ2) is 7.61. The average molecular weight is 358 g/mol. The number of ether oxygens (including phenoxy) is 2. The van der Waals surface area contributed by atoms with Crippen molar-refractivity contribution in [2.24, 2.45) is 5.92 Å². The quantitative estimate of drug-likeness (QED) is 0.606. The van der Waals surface area contributed by atoms with Gasteiger partial charge in [-0.05, 0) is 35.2 Å². The molecule has 0 saturated heterocycles. The van der Waals surface area contributed by atoms with Crippen LogP contribution in [0, 0.1) is 16.0 Å². The van der Waals surface area contributed by atoms with Crippen LogP contribution in [-0.2, 0) is 6.54 Å². The molecule has 138 valence electrons. The predicted octanol–water partition coefficient (Wildman–Crippen LogP) is 3.56. The summed E-state index contributed by atoms with van der Waals surface area (Å²) in [4.78, 5) is 10.4. The molecule has 2 aromatic carbocycles. The molecule has 7 heteroatoms. The van der Waals surface area contributed by atoms with E-state index in [0.29, 0.717) is 25.7 Å². The summed E-state index contributed by atoms with van der Waals surface area (Å²) in [6, 6.07) is 10.4. The number of nitro groups is 1. The smallest absolute Gasteiger partial charge is 0.311 e. The Hall–Kier alpha value is -2.80. The van der Waals surface area contributed by atoms with Crippen molar-refractivity contribution in [1.29, 1.82) is 0 Å². The highest BCUT2D eigenvalue weighted by Crippen LogP contribution is 2.34. The van der Waals surface area contributed by atoms with Crippen molar-refractivity contribution in [3.05, 3.63) is 57.6 Å². The van der Waals surface area contributed by atoms with E-state index in [1.54, 1.807) is 6.07 Å². The lowest BCUT2D eigenvalue weighted by Gasteiger charge is -2.25. The van der Waals surface area contributed by atoms with E-state index in [1.165, 1.54) is 12.1 Å². The highest BCUT2D eigenvalue weighted by atomic mass is 16.6. The van der Waals surface area contributed by atoms with E-state index in [2.05, 4.69) is 19.2 Å². The number of benzene rings is 2. The Bertz CT molecular complexity index is 807. The summed E-state index contributed by atoms with van der Waals surface area (Å²) in [5.41, 5.74) is 1.51. The minimum atomic E-state index is -0.584. The van der Waals surface area contributed by atoms with Crippen molar-refractivity contribution in [3.8, 4) is 17.2 Å². The van der Waals surface area contributed by atoms with Crippen LogP contribution in [0.2, 0.25) is 0 Å².